The van der Waals surface area contributed by atoms with Gasteiger partial charge in [0.25, 0.3) is 11.8 Å². The summed E-state index contributed by atoms with van der Waals surface area (Å²) in [6, 6.07) is 16.7. The van der Waals surface area contributed by atoms with Crippen molar-refractivity contribution in [3.8, 4) is 5.75 Å². The fourth-order valence-corrected chi connectivity index (χ4v) is 4.29. The molecule has 0 unspecified atom stereocenters. The van der Waals surface area contributed by atoms with E-state index in [4.69, 9.17) is 28.6 Å². The van der Waals surface area contributed by atoms with Crippen molar-refractivity contribution in [2.45, 2.75) is 0 Å². The quantitative estimate of drug-likeness (QED) is 0.241. The van der Waals surface area contributed by atoms with E-state index in [1.807, 2.05) is 12.1 Å². The van der Waals surface area contributed by atoms with Gasteiger partial charge in [-0.2, -0.15) is 0 Å². The third-order valence-corrected chi connectivity index (χ3v) is 6.11. The number of methoxy groups -OCH3 is 1. The predicted octanol–water partition coefficient (Wildman–Crippen LogP) is 5.44. The molecule has 7 nitrogen and oxygen atoms in total. The van der Waals surface area contributed by atoms with Crippen LogP contribution in [0.5, 0.6) is 5.75 Å². The Balaban J connectivity index is 1.42. The van der Waals surface area contributed by atoms with Gasteiger partial charge in [0, 0.05) is 16.1 Å². The largest absolute Gasteiger partial charge is 0.496 e. The number of thiocarbonyl (C=S) groups is 1. The van der Waals surface area contributed by atoms with Crippen molar-refractivity contribution in [2.75, 3.05) is 17.3 Å². The average molecular weight is 571 g/mol. The van der Waals surface area contributed by atoms with Crippen LogP contribution in [0.4, 0.5) is 11.4 Å². The minimum atomic E-state index is -0.455. The van der Waals surface area contributed by atoms with Gasteiger partial charge in [-0.15, -0.1) is 0 Å². The molecule has 10 heteroatoms. The molecule has 4 rings (SSSR count). The second-order valence-electron chi connectivity index (χ2n) is 7.32. The Kier molecular flexibility index (Phi) is 7.30. The molecule has 2 N–H and O–H groups in total. The zero-order valence-corrected chi connectivity index (χ0v) is 21.3. The Hall–Kier alpha value is -3.53. The van der Waals surface area contributed by atoms with E-state index in [2.05, 4.69) is 26.6 Å². The molecule has 35 heavy (non-hydrogen) atoms. The number of imide groups is 1. The molecular weight excluding hydrogens is 554 g/mol. The molecule has 0 aliphatic carbocycles. The van der Waals surface area contributed by atoms with Crippen molar-refractivity contribution in [2.24, 2.45) is 0 Å². The van der Waals surface area contributed by atoms with Gasteiger partial charge in [0.2, 0.25) is 5.91 Å². The van der Waals surface area contributed by atoms with Gasteiger partial charge in [-0.3, -0.25) is 19.7 Å². The lowest BCUT2D eigenvalue weighted by molar-refractivity contribution is -0.115. The number of ether oxygens (including phenoxy) is 1. The summed E-state index contributed by atoms with van der Waals surface area (Å²) in [5, 5.41) is 5.62. The van der Waals surface area contributed by atoms with E-state index in [9.17, 15) is 14.4 Å². The lowest BCUT2D eigenvalue weighted by atomic mass is 10.1. The molecular formula is C25H17BrClN3O4S. The molecule has 176 valence electrons. The van der Waals surface area contributed by atoms with Crippen LogP contribution in [0.2, 0.25) is 5.02 Å². The lowest BCUT2D eigenvalue weighted by Crippen LogP contribution is -2.33. The van der Waals surface area contributed by atoms with Gasteiger partial charge >= 0.3 is 0 Å². The van der Waals surface area contributed by atoms with E-state index < -0.39 is 17.7 Å². The summed E-state index contributed by atoms with van der Waals surface area (Å²) in [7, 11) is 1.54. The van der Waals surface area contributed by atoms with E-state index >= 15 is 0 Å². The highest BCUT2D eigenvalue weighted by Crippen LogP contribution is 2.33. The number of hydrogen-bond donors (Lipinski definition) is 2. The molecule has 0 aromatic heterocycles. The van der Waals surface area contributed by atoms with E-state index in [0.717, 1.165) is 9.37 Å². The summed E-state index contributed by atoms with van der Waals surface area (Å²) in [5.41, 5.74) is 2.12. The van der Waals surface area contributed by atoms with Crippen LogP contribution < -0.4 is 20.3 Å². The number of carbonyl (C=O) groups is 3. The second-order valence-corrected chi connectivity index (χ2v) is 9.05. The molecule has 1 heterocycles. The normalized spacial score (nSPS) is 12.6. The average Bonchev–Trinajstić information content (AvgIpc) is 3.09. The third-order valence-electron chi connectivity index (χ3n) is 5.10. The Morgan fingerprint density at radius 2 is 1.74 bits per heavy atom. The van der Waals surface area contributed by atoms with Gasteiger partial charge in [-0.1, -0.05) is 39.7 Å². The lowest BCUT2D eigenvalue weighted by Gasteiger charge is -2.16. The second kappa shape index (κ2) is 10.4. The molecule has 0 atom stereocenters. The molecule has 1 aliphatic rings. The first-order chi connectivity index (χ1) is 16.8. The monoisotopic (exact) mass is 569 g/mol. The number of carbonyl (C=O) groups excluding carboxylic acids is 3. The number of halogens is 2. The predicted molar refractivity (Wildman–Crippen MR) is 143 cm³/mol. The first-order valence-electron chi connectivity index (χ1n) is 10.2. The van der Waals surface area contributed by atoms with Crippen molar-refractivity contribution in [3.05, 3.63) is 92.9 Å². The maximum Gasteiger partial charge on any atom is 0.266 e. The first-order valence-corrected chi connectivity index (χ1v) is 11.8. The molecule has 0 bridgehead atoms. The molecule has 0 radical (unpaired) electrons. The maximum absolute atomic E-state index is 12.7. The molecule has 0 fully saturated rings. The van der Waals surface area contributed by atoms with Crippen molar-refractivity contribution in [1.29, 1.82) is 0 Å². The number of fused-ring (bicyclic) bond motifs is 1. The number of nitrogens with zero attached hydrogens (tertiary/aromatic N) is 1. The van der Waals surface area contributed by atoms with Crippen LogP contribution in [0.25, 0.3) is 6.08 Å². The van der Waals surface area contributed by atoms with E-state index in [0.29, 0.717) is 33.8 Å². The van der Waals surface area contributed by atoms with Crippen LogP contribution >= 0.6 is 39.7 Å². The Morgan fingerprint density at radius 3 is 2.37 bits per heavy atom. The number of anilines is 2. The summed E-state index contributed by atoms with van der Waals surface area (Å²) in [6.45, 7) is 0. The highest BCUT2D eigenvalue weighted by molar-refractivity contribution is 9.10. The number of amides is 3. The highest BCUT2D eigenvalue weighted by atomic mass is 79.9. The summed E-state index contributed by atoms with van der Waals surface area (Å²) < 4.78 is 6.12. The van der Waals surface area contributed by atoms with Crippen LogP contribution in [0.1, 0.15) is 26.3 Å². The number of hydrogen-bond acceptors (Lipinski definition) is 5. The van der Waals surface area contributed by atoms with Gasteiger partial charge < -0.3 is 10.1 Å². The van der Waals surface area contributed by atoms with Gasteiger partial charge in [-0.25, -0.2) is 4.90 Å². The molecule has 0 spiro atoms. The highest BCUT2D eigenvalue weighted by Gasteiger charge is 2.36. The first kappa shape index (κ1) is 24.6. The molecule has 3 amide bonds. The van der Waals surface area contributed by atoms with Crippen molar-refractivity contribution < 1.29 is 19.1 Å². The van der Waals surface area contributed by atoms with Crippen LogP contribution in [0.3, 0.4) is 0 Å². The fourth-order valence-electron chi connectivity index (χ4n) is 3.48. The van der Waals surface area contributed by atoms with Gasteiger partial charge in [0.15, 0.2) is 5.11 Å². The van der Waals surface area contributed by atoms with Crippen LogP contribution in [-0.4, -0.2) is 29.9 Å². The number of nitrogens with one attached hydrogen (secondary N) is 2. The minimum Gasteiger partial charge on any atom is -0.496 e. The van der Waals surface area contributed by atoms with E-state index in [1.165, 1.54) is 12.1 Å². The van der Waals surface area contributed by atoms with Crippen LogP contribution in [-0.2, 0) is 4.79 Å². The summed E-state index contributed by atoms with van der Waals surface area (Å²) in [6.07, 6.45) is 2.93. The Labute approximate surface area is 219 Å². The van der Waals surface area contributed by atoms with Gasteiger partial charge in [-0.05, 0) is 66.8 Å². The Morgan fingerprint density at radius 1 is 1.06 bits per heavy atom. The smallest absolute Gasteiger partial charge is 0.266 e. The van der Waals surface area contributed by atoms with Gasteiger partial charge in [0.05, 0.1) is 34.6 Å². The van der Waals surface area contributed by atoms with Crippen molar-refractivity contribution >= 4 is 80.0 Å². The zero-order valence-electron chi connectivity index (χ0n) is 18.2. The standard InChI is InChI=1S/C25H17BrClN3O4S/c1-34-21-10-7-15(26)12-14(21)6-11-22(31)29-25(35)28-20-9-8-16(13-19(20)27)30-23(32)17-4-2-3-5-18(17)24(30)33/h2-13H,1H3,(H2,28,29,31,35). The van der Waals surface area contributed by atoms with Crippen LogP contribution in [0, 0.1) is 0 Å². The molecule has 1 aliphatic heterocycles. The van der Waals surface area contributed by atoms with E-state index in [-0.39, 0.29) is 10.1 Å². The number of rotatable bonds is 5. The van der Waals surface area contributed by atoms with Crippen molar-refractivity contribution in [3.63, 3.8) is 0 Å². The third kappa shape index (κ3) is 5.27. The molecule has 0 saturated heterocycles. The topological polar surface area (TPSA) is 87.7 Å². The molecule has 0 saturated carbocycles. The SMILES string of the molecule is COc1ccc(Br)cc1C=CC(=O)NC(=S)Nc1ccc(N2C(=O)c3ccccc3C2=O)cc1Cl. The van der Waals surface area contributed by atoms with Gasteiger partial charge in [0.1, 0.15) is 5.75 Å². The molecule has 3 aromatic rings. The van der Waals surface area contributed by atoms with Crippen molar-refractivity contribution in [1.82, 2.24) is 5.32 Å². The fraction of sp³-hybridized carbons (Fsp3) is 0.0400. The van der Waals surface area contributed by atoms with Crippen LogP contribution in [0.15, 0.2) is 71.2 Å². The van der Waals surface area contributed by atoms with E-state index in [1.54, 1.807) is 55.7 Å². The summed E-state index contributed by atoms with van der Waals surface area (Å²) >= 11 is 15.0. The minimum absolute atomic E-state index is 0.0243. The zero-order chi connectivity index (χ0) is 25.1. The summed E-state index contributed by atoms with van der Waals surface area (Å²) in [5.74, 6) is -0.677. The Bertz CT molecular complexity index is 1370. The maximum atomic E-state index is 12.7. The number of benzene rings is 3. The molecule has 3 aromatic carbocycles. The summed E-state index contributed by atoms with van der Waals surface area (Å²) in [4.78, 5) is 38.7.